The lowest BCUT2D eigenvalue weighted by atomic mass is 10.1. The summed E-state index contributed by atoms with van der Waals surface area (Å²) in [7, 11) is 4.11. The highest BCUT2D eigenvalue weighted by molar-refractivity contribution is 8.18. The van der Waals surface area contributed by atoms with Crippen LogP contribution in [0.5, 0.6) is 0 Å². The molecule has 0 N–H and O–H groups in total. The second-order valence-electron chi connectivity index (χ2n) is 8.96. The first-order valence-corrected chi connectivity index (χ1v) is 12.4. The summed E-state index contributed by atoms with van der Waals surface area (Å²) in [6.07, 6.45) is 1.65. The van der Waals surface area contributed by atoms with E-state index in [1.165, 1.54) is 12.1 Å². The van der Waals surface area contributed by atoms with Crippen molar-refractivity contribution in [2.75, 3.05) is 53.4 Å². The highest BCUT2D eigenvalue weighted by Crippen LogP contribution is 2.33. The van der Waals surface area contributed by atoms with Gasteiger partial charge in [0.15, 0.2) is 0 Å². The van der Waals surface area contributed by atoms with Crippen LogP contribution in [0.15, 0.2) is 53.4 Å². The molecule has 4 rings (SSSR count). The number of hydrogen-bond acceptors (Lipinski definition) is 6. The van der Waals surface area contributed by atoms with E-state index in [4.69, 9.17) is 0 Å². The van der Waals surface area contributed by atoms with Gasteiger partial charge < -0.3 is 9.80 Å². The van der Waals surface area contributed by atoms with Gasteiger partial charge in [-0.1, -0.05) is 24.3 Å². The van der Waals surface area contributed by atoms with Crippen molar-refractivity contribution in [3.8, 4) is 0 Å². The van der Waals surface area contributed by atoms with E-state index in [-0.39, 0.29) is 17.7 Å². The van der Waals surface area contributed by atoms with Crippen LogP contribution < -0.4 is 0 Å². The standard InChI is InChI=1S/C26H29FN4O3S/c1-28(2)10-11-29-12-14-30(15-13-29)24(32)21-8-6-19(7-9-21)17-23-25(33)31(26(34)35-23)18-20-4-3-5-22(27)16-20/h3-9,16-17H,10-15,18H2,1-2H3. The average Bonchev–Trinajstić information content (AvgIpc) is 3.10. The number of rotatable bonds is 7. The summed E-state index contributed by atoms with van der Waals surface area (Å²) in [5.74, 6) is -0.818. The molecule has 35 heavy (non-hydrogen) atoms. The molecular formula is C26H29FN4O3S. The molecule has 0 radical (unpaired) electrons. The molecular weight excluding hydrogens is 467 g/mol. The van der Waals surface area contributed by atoms with Crippen LogP contribution in [0.3, 0.4) is 0 Å². The molecule has 0 bridgehead atoms. The van der Waals surface area contributed by atoms with Crippen LogP contribution in [0.4, 0.5) is 9.18 Å². The molecule has 184 valence electrons. The maximum Gasteiger partial charge on any atom is 0.293 e. The number of likely N-dealkylation sites (N-methyl/N-ethyl adjacent to an activating group) is 1. The average molecular weight is 497 g/mol. The minimum atomic E-state index is -0.411. The van der Waals surface area contributed by atoms with Crippen LogP contribution in [0.25, 0.3) is 6.08 Å². The summed E-state index contributed by atoms with van der Waals surface area (Å²) in [5, 5.41) is -0.387. The molecule has 0 saturated carbocycles. The van der Waals surface area contributed by atoms with Crippen LogP contribution >= 0.6 is 11.8 Å². The Hall–Kier alpha value is -3.01. The molecule has 0 aromatic heterocycles. The number of benzene rings is 2. The molecule has 2 aromatic carbocycles. The van der Waals surface area contributed by atoms with E-state index in [1.54, 1.807) is 42.5 Å². The maximum absolute atomic E-state index is 13.4. The lowest BCUT2D eigenvalue weighted by molar-refractivity contribution is -0.123. The number of halogens is 1. The summed E-state index contributed by atoms with van der Waals surface area (Å²) in [4.78, 5) is 45.9. The number of hydrogen-bond donors (Lipinski definition) is 0. The lowest BCUT2D eigenvalue weighted by Crippen LogP contribution is -2.49. The second kappa shape index (κ2) is 11.2. The van der Waals surface area contributed by atoms with Crippen molar-refractivity contribution < 1.29 is 18.8 Å². The Morgan fingerprint density at radius 2 is 1.77 bits per heavy atom. The summed E-state index contributed by atoms with van der Waals surface area (Å²) in [5.41, 5.74) is 1.88. The predicted molar refractivity (Wildman–Crippen MR) is 135 cm³/mol. The predicted octanol–water partition coefficient (Wildman–Crippen LogP) is 3.38. The molecule has 0 aliphatic carbocycles. The third kappa shape index (κ3) is 6.36. The molecule has 2 fully saturated rings. The van der Waals surface area contributed by atoms with Gasteiger partial charge in [-0.2, -0.15) is 0 Å². The summed E-state index contributed by atoms with van der Waals surface area (Å²) < 4.78 is 13.4. The number of thioether (sulfide) groups is 1. The van der Waals surface area contributed by atoms with Crippen molar-refractivity contribution in [3.05, 3.63) is 75.9 Å². The van der Waals surface area contributed by atoms with Crippen molar-refractivity contribution in [2.24, 2.45) is 0 Å². The van der Waals surface area contributed by atoms with Crippen LogP contribution in [0.2, 0.25) is 0 Å². The Morgan fingerprint density at radius 1 is 1.06 bits per heavy atom. The van der Waals surface area contributed by atoms with Gasteiger partial charge in [0, 0.05) is 44.8 Å². The molecule has 2 aliphatic rings. The zero-order valence-electron chi connectivity index (χ0n) is 19.9. The third-order valence-corrected chi connectivity index (χ3v) is 6.99. The number of piperazine rings is 1. The first-order chi connectivity index (χ1) is 16.8. The first-order valence-electron chi connectivity index (χ1n) is 11.6. The molecule has 3 amide bonds. The van der Waals surface area contributed by atoms with Crippen LogP contribution in [0, 0.1) is 5.82 Å². The fraction of sp³-hybridized carbons (Fsp3) is 0.346. The van der Waals surface area contributed by atoms with Crippen LogP contribution in [-0.4, -0.2) is 90.0 Å². The van der Waals surface area contributed by atoms with E-state index in [0.717, 1.165) is 48.4 Å². The lowest BCUT2D eigenvalue weighted by Gasteiger charge is -2.35. The van der Waals surface area contributed by atoms with Gasteiger partial charge >= 0.3 is 0 Å². The van der Waals surface area contributed by atoms with Gasteiger partial charge in [-0.15, -0.1) is 0 Å². The second-order valence-corrected chi connectivity index (χ2v) is 9.95. The molecule has 0 unspecified atom stereocenters. The van der Waals surface area contributed by atoms with Gasteiger partial charge in [0.25, 0.3) is 17.1 Å². The number of carbonyl (C=O) groups excluding carboxylic acids is 3. The highest BCUT2D eigenvalue weighted by Gasteiger charge is 2.35. The summed E-state index contributed by atoms with van der Waals surface area (Å²) >= 11 is 0.861. The van der Waals surface area contributed by atoms with Crippen molar-refractivity contribution >= 4 is 34.9 Å². The topological polar surface area (TPSA) is 64.2 Å². The Morgan fingerprint density at radius 3 is 2.43 bits per heavy atom. The van der Waals surface area contributed by atoms with Crippen LogP contribution in [-0.2, 0) is 11.3 Å². The van der Waals surface area contributed by atoms with E-state index in [2.05, 4.69) is 23.9 Å². The Labute approximate surface area is 209 Å². The van der Waals surface area contributed by atoms with Gasteiger partial charge in [-0.3, -0.25) is 24.2 Å². The van der Waals surface area contributed by atoms with Gasteiger partial charge in [-0.05, 0) is 67.3 Å². The largest absolute Gasteiger partial charge is 0.336 e. The fourth-order valence-electron chi connectivity index (χ4n) is 4.03. The highest BCUT2D eigenvalue weighted by atomic mass is 32.2. The molecule has 2 heterocycles. The molecule has 2 aliphatic heterocycles. The van der Waals surface area contributed by atoms with E-state index < -0.39 is 11.7 Å². The minimum Gasteiger partial charge on any atom is -0.336 e. The SMILES string of the molecule is CN(C)CCN1CCN(C(=O)c2ccc(C=C3SC(=O)N(Cc4cccc(F)c4)C3=O)cc2)CC1. The molecule has 9 heteroatoms. The quantitative estimate of drug-likeness (QED) is 0.548. The van der Waals surface area contributed by atoms with Gasteiger partial charge in [0.05, 0.1) is 11.4 Å². The van der Waals surface area contributed by atoms with Crippen molar-refractivity contribution in [1.29, 1.82) is 0 Å². The summed E-state index contributed by atoms with van der Waals surface area (Å²) in [6.45, 7) is 5.15. The Kier molecular flexibility index (Phi) is 8.00. The van der Waals surface area contributed by atoms with Gasteiger partial charge in [-0.25, -0.2) is 4.39 Å². The van der Waals surface area contributed by atoms with E-state index in [0.29, 0.717) is 29.1 Å². The maximum atomic E-state index is 13.4. The number of carbonyl (C=O) groups is 3. The minimum absolute atomic E-state index is 0.000716. The van der Waals surface area contributed by atoms with Crippen molar-refractivity contribution in [1.82, 2.24) is 19.6 Å². The zero-order valence-corrected chi connectivity index (χ0v) is 20.8. The molecule has 0 spiro atoms. The van der Waals surface area contributed by atoms with Crippen molar-refractivity contribution in [2.45, 2.75) is 6.54 Å². The third-order valence-electron chi connectivity index (χ3n) is 6.08. The van der Waals surface area contributed by atoms with Crippen molar-refractivity contribution in [3.63, 3.8) is 0 Å². The monoisotopic (exact) mass is 496 g/mol. The van der Waals surface area contributed by atoms with E-state index >= 15 is 0 Å². The molecule has 2 aromatic rings. The molecule has 0 atom stereocenters. The van der Waals surface area contributed by atoms with Gasteiger partial charge in [0.2, 0.25) is 0 Å². The fourth-order valence-corrected chi connectivity index (χ4v) is 4.86. The smallest absolute Gasteiger partial charge is 0.293 e. The number of amides is 3. The van der Waals surface area contributed by atoms with Crippen LogP contribution in [0.1, 0.15) is 21.5 Å². The van der Waals surface area contributed by atoms with E-state index in [9.17, 15) is 18.8 Å². The van der Waals surface area contributed by atoms with Gasteiger partial charge in [0.1, 0.15) is 5.82 Å². The first kappa shape index (κ1) is 25.1. The Bertz CT molecular complexity index is 1130. The zero-order chi connectivity index (χ0) is 24.9. The van der Waals surface area contributed by atoms with E-state index in [1.807, 2.05) is 4.90 Å². The summed E-state index contributed by atoms with van der Waals surface area (Å²) in [6, 6.07) is 12.9. The number of imide groups is 1. The Balaban J connectivity index is 1.35. The number of nitrogens with zero attached hydrogens (tertiary/aromatic N) is 4. The molecule has 7 nitrogen and oxygen atoms in total. The molecule has 2 saturated heterocycles. The normalized spacial score (nSPS) is 18.2.